The summed E-state index contributed by atoms with van der Waals surface area (Å²) in [6, 6.07) is 13.1. The van der Waals surface area contributed by atoms with Gasteiger partial charge in [0.25, 0.3) is 11.8 Å². The molecule has 0 N–H and O–H groups in total. The predicted molar refractivity (Wildman–Crippen MR) is 134 cm³/mol. The first-order valence-corrected chi connectivity index (χ1v) is 12.4. The molecule has 206 valence electrons. The van der Waals surface area contributed by atoms with Crippen LogP contribution in [-0.4, -0.2) is 40.8 Å². The Bertz CT molecular complexity index is 1640. The van der Waals surface area contributed by atoms with Gasteiger partial charge in [-0.25, -0.2) is 9.59 Å². The number of carbonyl (C=O) groups is 6. The third-order valence-electron chi connectivity index (χ3n) is 6.69. The van der Waals surface area contributed by atoms with Crippen molar-refractivity contribution in [1.29, 1.82) is 0 Å². The Morgan fingerprint density at radius 3 is 1.85 bits per heavy atom. The van der Waals surface area contributed by atoms with Gasteiger partial charge in [0.2, 0.25) is 0 Å². The van der Waals surface area contributed by atoms with Gasteiger partial charge in [-0.05, 0) is 42.5 Å². The van der Waals surface area contributed by atoms with Crippen molar-refractivity contribution in [3.63, 3.8) is 0 Å². The standard InChI is InChI=1S/C29H19NO11/c1-14(31)37-17-4-7-20-23(12-17)39-24-13-18(38-15(2)32)5-8-21(24)29(20)22-11-16(3-6-19(22)28(36)40-29)27(35)41-30-25(33)9-10-26(30)34/h3-8,11-13H,9-10H2,1-2H3. The Kier molecular flexibility index (Phi) is 5.84. The average molecular weight is 557 g/mol. The molecule has 3 heterocycles. The summed E-state index contributed by atoms with van der Waals surface area (Å²) >= 11 is 0. The molecule has 1 fully saturated rings. The smallest absolute Gasteiger partial charge is 0.363 e. The van der Waals surface area contributed by atoms with Crippen molar-refractivity contribution in [2.24, 2.45) is 0 Å². The topological polar surface area (TPSA) is 152 Å². The summed E-state index contributed by atoms with van der Waals surface area (Å²) < 4.78 is 22.6. The molecule has 41 heavy (non-hydrogen) atoms. The van der Waals surface area contributed by atoms with Crippen molar-refractivity contribution in [3.05, 3.63) is 82.4 Å². The lowest BCUT2D eigenvalue weighted by atomic mass is 9.77. The predicted octanol–water partition coefficient (Wildman–Crippen LogP) is 3.33. The van der Waals surface area contributed by atoms with Crippen molar-refractivity contribution < 1.29 is 52.6 Å². The fourth-order valence-corrected chi connectivity index (χ4v) is 5.06. The van der Waals surface area contributed by atoms with E-state index < -0.39 is 41.3 Å². The minimum absolute atomic E-state index is 0.0587. The maximum Gasteiger partial charge on any atom is 0.363 e. The molecule has 3 aliphatic heterocycles. The Morgan fingerprint density at radius 1 is 0.756 bits per heavy atom. The third kappa shape index (κ3) is 4.16. The summed E-state index contributed by atoms with van der Waals surface area (Å²) in [7, 11) is 0. The molecule has 3 aliphatic rings. The molecule has 3 aromatic carbocycles. The van der Waals surface area contributed by atoms with Gasteiger partial charge in [0.15, 0.2) is 5.60 Å². The van der Waals surface area contributed by atoms with Crippen LogP contribution < -0.4 is 14.2 Å². The van der Waals surface area contributed by atoms with Crippen LogP contribution in [0.3, 0.4) is 0 Å². The highest BCUT2D eigenvalue weighted by Crippen LogP contribution is 2.57. The summed E-state index contributed by atoms with van der Waals surface area (Å²) in [5, 5.41) is 0.430. The Labute approximate surface area is 231 Å². The first kappa shape index (κ1) is 25.7. The fraction of sp³-hybridized carbons (Fsp3) is 0.172. The summed E-state index contributed by atoms with van der Waals surface area (Å²) in [6.07, 6.45) is -0.139. The maximum atomic E-state index is 13.2. The van der Waals surface area contributed by atoms with Crippen molar-refractivity contribution in [2.45, 2.75) is 32.3 Å². The third-order valence-corrected chi connectivity index (χ3v) is 6.69. The molecular weight excluding hydrogens is 538 g/mol. The molecule has 0 aliphatic carbocycles. The zero-order valence-electron chi connectivity index (χ0n) is 21.5. The summed E-state index contributed by atoms with van der Waals surface area (Å²) in [4.78, 5) is 78.4. The van der Waals surface area contributed by atoms with E-state index in [1.54, 1.807) is 12.1 Å². The van der Waals surface area contributed by atoms with E-state index in [1.165, 1.54) is 56.3 Å². The molecule has 0 bridgehead atoms. The Hall–Kier alpha value is -5.52. The monoisotopic (exact) mass is 557 g/mol. The number of carbonyl (C=O) groups excluding carboxylic acids is 6. The molecule has 0 aromatic heterocycles. The second-order valence-electron chi connectivity index (χ2n) is 9.40. The van der Waals surface area contributed by atoms with Crippen molar-refractivity contribution >= 4 is 35.7 Å². The molecule has 0 unspecified atom stereocenters. The van der Waals surface area contributed by atoms with Crippen LogP contribution in [0.25, 0.3) is 0 Å². The fourth-order valence-electron chi connectivity index (χ4n) is 5.06. The number of benzene rings is 3. The van der Waals surface area contributed by atoms with Crippen molar-refractivity contribution in [1.82, 2.24) is 5.06 Å². The number of nitrogens with zero attached hydrogens (tertiary/aromatic N) is 1. The van der Waals surface area contributed by atoms with Crippen LogP contribution in [0.5, 0.6) is 23.0 Å². The van der Waals surface area contributed by atoms with E-state index in [0.29, 0.717) is 16.2 Å². The second kappa shape index (κ2) is 9.30. The number of amides is 2. The highest BCUT2D eigenvalue weighted by Gasteiger charge is 2.54. The lowest BCUT2D eigenvalue weighted by molar-refractivity contribution is -0.172. The van der Waals surface area contributed by atoms with E-state index in [-0.39, 0.29) is 52.5 Å². The minimum atomic E-state index is -1.64. The minimum Gasteiger partial charge on any atom is -0.456 e. The molecule has 0 radical (unpaired) electrons. The zero-order chi connectivity index (χ0) is 29.1. The van der Waals surface area contributed by atoms with Gasteiger partial charge in [0.1, 0.15) is 23.0 Å². The van der Waals surface area contributed by atoms with Gasteiger partial charge in [0.05, 0.1) is 11.1 Å². The highest BCUT2D eigenvalue weighted by atomic mass is 16.7. The van der Waals surface area contributed by atoms with Crippen LogP contribution in [0.15, 0.2) is 54.6 Å². The van der Waals surface area contributed by atoms with E-state index in [1.807, 2.05) is 0 Å². The van der Waals surface area contributed by atoms with Crippen LogP contribution in [0, 0.1) is 0 Å². The molecule has 3 aromatic rings. The summed E-state index contributed by atoms with van der Waals surface area (Å²) in [6.45, 7) is 2.47. The van der Waals surface area contributed by atoms with Gasteiger partial charge in [-0.15, -0.1) is 5.06 Å². The first-order chi connectivity index (χ1) is 19.6. The first-order valence-electron chi connectivity index (χ1n) is 12.4. The van der Waals surface area contributed by atoms with E-state index in [4.69, 9.17) is 23.8 Å². The number of hydroxylamine groups is 2. The van der Waals surface area contributed by atoms with Gasteiger partial charge < -0.3 is 23.8 Å². The van der Waals surface area contributed by atoms with Gasteiger partial charge in [-0.2, -0.15) is 0 Å². The number of rotatable bonds is 4. The lowest BCUT2D eigenvalue weighted by Crippen LogP contribution is -2.34. The van der Waals surface area contributed by atoms with Crippen LogP contribution >= 0.6 is 0 Å². The van der Waals surface area contributed by atoms with Crippen LogP contribution in [0.1, 0.15) is 64.1 Å². The Morgan fingerprint density at radius 2 is 1.32 bits per heavy atom. The maximum absolute atomic E-state index is 13.2. The van der Waals surface area contributed by atoms with Gasteiger partial charge in [0, 0.05) is 55.5 Å². The molecule has 0 atom stereocenters. The molecule has 2 amide bonds. The van der Waals surface area contributed by atoms with Crippen LogP contribution in [0.2, 0.25) is 0 Å². The molecule has 6 rings (SSSR count). The SMILES string of the molecule is CC(=O)Oc1ccc2c(c1)Oc1cc(OC(C)=O)ccc1C21OC(=O)c2ccc(C(=O)ON3C(=O)CCC3=O)cc21. The average Bonchev–Trinajstić information content (AvgIpc) is 3.38. The highest BCUT2D eigenvalue weighted by molar-refractivity contribution is 6.03. The van der Waals surface area contributed by atoms with Crippen molar-refractivity contribution in [3.8, 4) is 23.0 Å². The molecule has 12 heteroatoms. The number of hydrogen-bond donors (Lipinski definition) is 0. The number of ether oxygens (including phenoxy) is 4. The quantitative estimate of drug-likeness (QED) is 0.264. The lowest BCUT2D eigenvalue weighted by Gasteiger charge is -2.36. The molecule has 0 saturated carbocycles. The number of imide groups is 1. The zero-order valence-corrected chi connectivity index (χ0v) is 21.5. The van der Waals surface area contributed by atoms with E-state index in [0.717, 1.165) is 0 Å². The van der Waals surface area contributed by atoms with Gasteiger partial charge >= 0.3 is 23.9 Å². The van der Waals surface area contributed by atoms with Gasteiger partial charge in [-0.1, -0.05) is 0 Å². The molecule has 12 nitrogen and oxygen atoms in total. The van der Waals surface area contributed by atoms with Crippen LogP contribution in [0.4, 0.5) is 0 Å². The Balaban J connectivity index is 1.51. The molecule has 1 spiro atoms. The molecular formula is C29H19NO11. The summed E-state index contributed by atoms with van der Waals surface area (Å²) in [5.74, 6) is -3.45. The number of fused-ring (bicyclic) bond motifs is 6. The van der Waals surface area contributed by atoms with Gasteiger partial charge in [-0.3, -0.25) is 19.2 Å². The van der Waals surface area contributed by atoms with Crippen molar-refractivity contribution in [2.75, 3.05) is 0 Å². The molecule has 1 saturated heterocycles. The normalized spacial score (nSPS) is 15.9. The van der Waals surface area contributed by atoms with E-state index >= 15 is 0 Å². The summed E-state index contributed by atoms with van der Waals surface area (Å²) in [5.41, 5.74) is -0.609. The van der Waals surface area contributed by atoms with E-state index in [9.17, 15) is 28.8 Å². The largest absolute Gasteiger partial charge is 0.456 e. The van der Waals surface area contributed by atoms with Crippen LogP contribution in [-0.2, 0) is 34.4 Å². The van der Waals surface area contributed by atoms with E-state index in [2.05, 4.69) is 0 Å². The number of esters is 3. The number of hydrogen-bond acceptors (Lipinski definition) is 11. The second-order valence-corrected chi connectivity index (χ2v) is 9.40.